The van der Waals surface area contributed by atoms with Crippen LogP contribution in [0.25, 0.3) is 0 Å². The second-order valence-corrected chi connectivity index (χ2v) is 1.26. The van der Waals surface area contributed by atoms with E-state index >= 15 is 0 Å². The molecule has 0 fully saturated rings. The van der Waals surface area contributed by atoms with Gasteiger partial charge in [-0.25, -0.2) is 10.2 Å². The van der Waals surface area contributed by atoms with Crippen LogP contribution in [-0.4, -0.2) is 23.2 Å². The van der Waals surface area contributed by atoms with E-state index in [1.807, 2.05) is 5.43 Å². The molecule has 0 atom stereocenters. The zero-order chi connectivity index (χ0) is 7.28. The molecule has 5 heteroatoms. The minimum Gasteiger partial charge on any atom is -0.477 e. The van der Waals surface area contributed by atoms with E-state index in [1.165, 1.54) is 6.92 Å². The van der Waals surface area contributed by atoms with E-state index in [2.05, 4.69) is 5.10 Å². The zero-order valence-electron chi connectivity index (χ0n) is 4.79. The standard InChI is InChI=1S/C4H6N2O3/c1-3(7)6-5-2-4(8)9/h2H,1H3,(H,6,7)(H,8,9). The van der Waals surface area contributed by atoms with Gasteiger partial charge in [0.1, 0.15) is 6.21 Å². The summed E-state index contributed by atoms with van der Waals surface area (Å²) in [5, 5.41) is 11.0. The van der Waals surface area contributed by atoms with Gasteiger partial charge in [-0.3, -0.25) is 4.79 Å². The van der Waals surface area contributed by atoms with Crippen molar-refractivity contribution >= 4 is 18.1 Å². The topological polar surface area (TPSA) is 78.8 Å². The number of rotatable bonds is 2. The lowest BCUT2D eigenvalue weighted by Gasteiger charge is -1.86. The van der Waals surface area contributed by atoms with Crippen LogP contribution in [0.1, 0.15) is 6.92 Å². The van der Waals surface area contributed by atoms with Crippen molar-refractivity contribution in [3.63, 3.8) is 0 Å². The molecule has 0 aromatic rings. The van der Waals surface area contributed by atoms with E-state index in [4.69, 9.17) is 5.11 Å². The fraction of sp³-hybridized carbons (Fsp3) is 0.250. The van der Waals surface area contributed by atoms with Gasteiger partial charge in [0, 0.05) is 6.92 Å². The maximum absolute atomic E-state index is 10.0. The first-order chi connectivity index (χ1) is 4.13. The molecular formula is C4H6N2O3. The Hall–Kier alpha value is -1.39. The first-order valence-corrected chi connectivity index (χ1v) is 2.15. The largest absolute Gasteiger partial charge is 0.477 e. The van der Waals surface area contributed by atoms with Crippen LogP contribution >= 0.6 is 0 Å². The third-order valence-electron chi connectivity index (χ3n) is 0.397. The van der Waals surface area contributed by atoms with Crippen LogP contribution < -0.4 is 5.43 Å². The van der Waals surface area contributed by atoms with Gasteiger partial charge < -0.3 is 5.11 Å². The predicted molar refractivity (Wildman–Crippen MR) is 29.9 cm³/mol. The fourth-order valence-corrected chi connectivity index (χ4v) is 0.178. The van der Waals surface area contributed by atoms with Crippen molar-refractivity contribution in [3.8, 4) is 0 Å². The maximum atomic E-state index is 10.0. The second-order valence-electron chi connectivity index (χ2n) is 1.26. The lowest BCUT2D eigenvalue weighted by Crippen LogP contribution is -2.13. The molecule has 0 aliphatic heterocycles. The number of carbonyl (C=O) groups is 2. The molecule has 5 nitrogen and oxygen atoms in total. The Kier molecular flexibility index (Phi) is 3.04. The monoisotopic (exact) mass is 130 g/mol. The Labute approximate surface area is 51.4 Å². The minimum absolute atomic E-state index is 0.396. The summed E-state index contributed by atoms with van der Waals surface area (Å²) in [4.78, 5) is 19.7. The van der Waals surface area contributed by atoms with E-state index in [0.717, 1.165) is 0 Å². The average molecular weight is 130 g/mol. The van der Waals surface area contributed by atoms with Gasteiger partial charge in [0.2, 0.25) is 5.91 Å². The number of carbonyl (C=O) groups excluding carboxylic acids is 1. The first kappa shape index (κ1) is 7.61. The van der Waals surface area contributed by atoms with E-state index in [0.29, 0.717) is 6.21 Å². The van der Waals surface area contributed by atoms with Crippen molar-refractivity contribution in [2.24, 2.45) is 5.10 Å². The van der Waals surface area contributed by atoms with Crippen LogP contribution in [0.5, 0.6) is 0 Å². The summed E-state index contributed by atoms with van der Waals surface area (Å²) in [5.74, 6) is -1.59. The number of amides is 1. The van der Waals surface area contributed by atoms with Crippen molar-refractivity contribution in [1.82, 2.24) is 5.43 Å². The molecule has 0 aliphatic rings. The van der Waals surface area contributed by atoms with Crippen molar-refractivity contribution in [2.45, 2.75) is 6.92 Å². The third kappa shape index (κ3) is 6.61. The molecule has 0 spiro atoms. The van der Waals surface area contributed by atoms with Gasteiger partial charge in [-0.2, -0.15) is 5.10 Å². The quantitative estimate of drug-likeness (QED) is 0.379. The molecule has 50 valence electrons. The highest BCUT2D eigenvalue weighted by atomic mass is 16.4. The van der Waals surface area contributed by atoms with Crippen molar-refractivity contribution in [2.75, 3.05) is 0 Å². The Morgan fingerprint density at radius 1 is 1.67 bits per heavy atom. The van der Waals surface area contributed by atoms with E-state index in [9.17, 15) is 9.59 Å². The van der Waals surface area contributed by atoms with Crippen LogP contribution in [-0.2, 0) is 9.59 Å². The predicted octanol–water partition coefficient (Wildman–Crippen LogP) is -0.807. The summed E-state index contributed by atoms with van der Waals surface area (Å²) in [6, 6.07) is 0. The molecule has 0 saturated carbocycles. The summed E-state index contributed by atoms with van der Waals surface area (Å²) in [7, 11) is 0. The average Bonchev–Trinajstić information content (AvgIpc) is 1.63. The molecule has 0 saturated heterocycles. The van der Waals surface area contributed by atoms with Crippen LogP contribution in [0, 0.1) is 0 Å². The number of hydrogen-bond acceptors (Lipinski definition) is 3. The first-order valence-electron chi connectivity index (χ1n) is 2.15. The summed E-state index contributed by atoms with van der Waals surface area (Å²) in [6.45, 7) is 1.24. The highest BCUT2D eigenvalue weighted by Gasteiger charge is 1.86. The molecule has 0 aliphatic carbocycles. The summed E-state index contributed by atoms with van der Waals surface area (Å²) >= 11 is 0. The molecule has 9 heavy (non-hydrogen) atoms. The molecule has 0 bridgehead atoms. The Morgan fingerprint density at radius 3 is 2.56 bits per heavy atom. The maximum Gasteiger partial charge on any atom is 0.348 e. The van der Waals surface area contributed by atoms with Crippen LogP contribution in [0.15, 0.2) is 5.10 Å². The molecule has 2 N–H and O–H groups in total. The Morgan fingerprint density at radius 2 is 2.22 bits per heavy atom. The second kappa shape index (κ2) is 3.59. The smallest absolute Gasteiger partial charge is 0.348 e. The van der Waals surface area contributed by atoms with Gasteiger partial charge in [-0.15, -0.1) is 0 Å². The van der Waals surface area contributed by atoms with Gasteiger partial charge in [0.25, 0.3) is 0 Å². The lowest BCUT2D eigenvalue weighted by atomic mass is 10.7. The summed E-state index contributed by atoms with van der Waals surface area (Å²) in [5.41, 5.74) is 1.93. The Balaban J connectivity index is 3.48. The zero-order valence-corrected chi connectivity index (χ0v) is 4.79. The lowest BCUT2D eigenvalue weighted by molar-refractivity contribution is -0.128. The highest BCUT2D eigenvalue weighted by Crippen LogP contribution is 1.59. The summed E-state index contributed by atoms with van der Waals surface area (Å²) < 4.78 is 0. The van der Waals surface area contributed by atoms with Gasteiger partial charge in [0.05, 0.1) is 0 Å². The number of nitrogens with one attached hydrogen (secondary N) is 1. The van der Waals surface area contributed by atoms with Crippen molar-refractivity contribution < 1.29 is 14.7 Å². The van der Waals surface area contributed by atoms with Gasteiger partial charge >= 0.3 is 5.97 Å². The number of carboxylic acids is 1. The molecule has 1 amide bonds. The highest BCUT2D eigenvalue weighted by molar-refractivity contribution is 6.22. The minimum atomic E-state index is -1.19. The fourth-order valence-electron chi connectivity index (χ4n) is 0.178. The molecule has 0 aromatic heterocycles. The van der Waals surface area contributed by atoms with Crippen molar-refractivity contribution in [3.05, 3.63) is 0 Å². The van der Waals surface area contributed by atoms with Gasteiger partial charge in [-0.05, 0) is 0 Å². The number of nitrogens with zero attached hydrogens (tertiary/aromatic N) is 1. The molecule has 0 heterocycles. The van der Waals surface area contributed by atoms with Crippen LogP contribution in [0.2, 0.25) is 0 Å². The molecule has 0 unspecified atom stereocenters. The van der Waals surface area contributed by atoms with Gasteiger partial charge in [0.15, 0.2) is 0 Å². The number of hydrazone groups is 1. The third-order valence-corrected chi connectivity index (χ3v) is 0.397. The molecule has 0 rings (SSSR count). The SMILES string of the molecule is CC(=O)NN=CC(=O)O. The number of aliphatic carboxylic acids is 1. The summed E-state index contributed by atoms with van der Waals surface area (Å²) in [6.07, 6.45) is 0.599. The normalized spacial score (nSPS) is 9.44. The molecule has 0 aromatic carbocycles. The van der Waals surface area contributed by atoms with E-state index < -0.39 is 11.9 Å². The molecule has 0 radical (unpaired) electrons. The van der Waals surface area contributed by atoms with Crippen LogP contribution in [0.3, 0.4) is 0 Å². The Bertz CT molecular complexity index is 152. The van der Waals surface area contributed by atoms with Crippen LogP contribution in [0.4, 0.5) is 0 Å². The van der Waals surface area contributed by atoms with Gasteiger partial charge in [-0.1, -0.05) is 0 Å². The van der Waals surface area contributed by atoms with E-state index in [1.54, 1.807) is 0 Å². The van der Waals surface area contributed by atoms with Crippen molar-refractivity contribution in [1.29, 1.82) is 0 Å². The number of carboxylic acid groups (broad SMARTS) is 1. The number of hydrogen-bond donors (Lipinski definition) is 2. The molecular weight excluding hydrogens is 124 g/mol. The van der Waals surface area contributed by atoms with E-state index in [-0.39, 0.29) is 0 Å².